The van der Waals surface area contributed by atoms with Crippen molar-refractivity contribution in [2.45, 2.75) is 61.4 Å². The summed E-state index contributed by atoms with van der Waals surface area (Å²) in [6.07, 6.45) is -15.3. The van der Waals surface area contributed by atoms with Crippen LogP contribution in [-0.4, -0.2) is 115 Å². The van der Waals surface area contributed by atoms with Gasteiger partial charge >= 0.3 is 0 Å². The molecule has 0 bridgehead atoms. The van der Waals surface area contributed by atoms with E-state index in [1.807, 2.05) is 0 Å². The van der Waals surface area contributed by atoms with Gasteiger partial charge in [-0.15, -0.1) is 0 Å². The molecule has 2 saturated heterocycles. The van der Waals surface area contributed by atoms with Crippen LogP contribution < -0.4 is 0 Å². The highest BCUT2D eigenvalue weighted by molar-refractivity contribution is 4.91. The van der Waals surface area contributed by atoms with Crippen LogP contribution >= 0.6 is 0 Å². The molecule has 0 amide bonds. The second-order valence-electron chi connectivity index (χ2n) is 5.57. The van der Waals surface area contributed by atoms with Crippen LogP contribution in [0.15, 0.2) is 0 Å². The van der Waals surface area contributed by atoms with Crippen molar-refractivity contribution in [1.29, 1.82) is 0 Å². The van der Waals surface area contributed by atoms with Crippen LogP contribution in [0.5, 0.6) is 0 Å². The van der Waals surface area contributed by atoms with E-state index in [0.29, 0.717) is 0 Å². The fourth-order valence-electron chi connectivity index (χ4n) is 2.46. The van der Waals surface area contributed by atoms with Gasteiger partial charge in [-0.05, 0) is 0 Å². The van der Waals surface area contributed by atoms with Gasteiger partial charge < -0.3 is 55.1 Å². The van der Waals surface area contributed by atoms with Crippen molar-refractivity contribution in [3.8, 4) is 0 Å². The Hall–Kier alpha value is -0.440. The maximum absolute atomic E-state index is 9.78. The highest BCUT2D eigenvalue weighted by atomic mass is 16.7. The molecule has 2 heterocycles. The molecule has 8 N–H and O–H groups in total. The van der Waals surface area contributed by atoms with Crippen molar-refractivity contribution in [2.24, 2.45) is 0 Å². The Bertz CT molecular complexity index is 380. The first-order valence-corrected chi connectivity index (χ1v) is 7.07. The Morgan fingerprint density at radius 1 is 0.652 bits per heavy atom. The van der Waals surface area contributed by atoms with Crippen LogP contribution in [0.3, 0.4) is 0 Å². The third-order valence-electron chi connectivity index (χ3n) is 3.96. The Kier molecular flexibility index (Phi) is 6.27. The minimum Gasteiger partial charge on any atom is -0.394 e. The molecule has 0 aromatic heterocycles. The standard InChI is InChI=1S/C12H22O11/c13-1-3-5(14)8(17)10(19)12(23-3)21-2-4-6(15)7(16)9(18)11(20)22-4/h3-20H,1-2H2/t3-,4-,5-,6-,7+,8+,9+,10+,11-,12-/m1/s1. The number of ether oxygens (including phenoxy) is 3. The summed E-state index contributed by atoms with van der Waals surface area (Å²) in [4.78, 5) is 0. The number of rotatable bonds is 4. The van der Waals surface area contributed by atoms with Crippen molar-refractivity contribution in [3.63, 3.8) is 0 Å². The average Bonchev–Trinajstić information content (AvgIpc) is 2.54. The lowest BCUT2D eigenvalue weighted by molar-refractivity contribution is -0.325. The van der Waals surface area contributed by atoms with Crippen molar-refractivity contribution in [1.82, 2.24) is 0 Å². The topological polar surface area (TPSA) is 190 Å². The fraction of sp³-hybridized carbons (Fsp3) is 1.00. The zero-order chi connectivity index (χ0) is 17.3. The summed E-state index contributed by atoms with van der Waals surface area (Å²) < 4.78 is 15.1. The predicted molar refractivity (Wildman–Crippen MR) is 68.6 cm³/mol. The highest BCUT2D eigenvalue weighted by Crippen LogP contribution is 2.24. The molecule has 0 unspecified atom stereocenters. The minimum absolute atomic E-state index is 0.468. The summed E-state index contributed by atoms with van der Waals surface area (Å²) in [7, 11) is 0. The van der Waals surface area contributed by atoms with Gasteiger partial charge in [-0.2, -0.15) is 0 Å². The van der Waals surface area contributed by atoms with Crippen LogP contribution in [0.1, 0.15) is 0 Å². The van der Waals surface area contributed by atoms with E-state index < -0.39 is 74.6 Å². The van der Waals surface area contributed by atoms with Crippen molar-refractivity contribution < 1.29 is 55.1 Å². The number of aliphatic hydroxyl groups excluding tert-OH is 8. The van der Waals surface area contributed by atoms with Crippen LogP contribution in [0.4, 0.5) is 0 Å². The van der Waals surface area contributed by atoms with Gasteiger partial charge in [0.1, 0.15) is 48.8 Å². The predicted octanol–water partition coefficient (Wildman–Crippen LogP) is -5.40. The van der Waals surface area contributed by atoms with Crippen molar-refractivity contribution in [2.75, 3.05) is 13.2 Å². The molecular weight excluding hydrogens is 320 g/mol. The van der Waals surface area contributed by atoms with Gasteiger partial charge in [0.05, 0.1) is 13.2 Å². The van der Waals surface area contributed by atoms with Gasteiger partial charge in [-0.3, -0.25) is 0 Å². The Labute approximate surface area is 130 Å². The minimum atomic E-state index is -1.74. The van der Waals surface area contributed by atoms with E-state index in [4.69, 9.17) is 19.3 Å². The Morgan fingerprint density at radius 3 is 1.83 bits per heavy atom. The lowest BCUT2D eigenvalue weighted by Gasteiger charge is -2.41. The largest absolute Gasteiger partial charge is 0.394 e. The molecule has 0 aromatic carbocycles. The lowest BCUT2D eigenvalue weighted by Crippen LogP contribution is -2.61. The maximum atomic E-state index is 9.78. The SMILES string of the molecule is OC[C@H]1O[C@@H](OC[C@H]2O[C@@H](O)[C@@H](O)[C@@H](O)[C@@H]2O)[C@@H](O)[C@@H](O)[C@@H]1O. The quantitative estimate of drug-likeness (QED) is 0.243. The van der Waals surface area contributed by atoms with E-state index in [0.717, 1.165) is 0 Å². The van der Waals surface area contributed by atoms with Crippen LogP contribution in [0, 0.1) is 0 Å². The molecule has 11 nitrogen and oxygen atoms in total. The molecule has 0 spiro atoms. The van der Waals surface area contributed by atoms with Gasteiger partial charge in [-0.1, -0.05) is 0 Å². The van der Waals surface area contributed by atoms with E-state index in [2.05, 4.69) is 0 Å². The molecule has 2 aliphatic rings. The molecule has 2 fully saturated rings. The maximum Gasteiger partial charge on any atom is 0.186 e. The second kappa shape index (κ2) is 7.63. The first kappa shape index (κ1) is 18.9. The normalized spacial score (nSPS) is 51.7. The highest BCUT2D eigenvalue weighted by Gasteiger charge is 2.46. The average molecular weight is 342 g/mol. The van der Waals surface area contributed by atoms with E-state index in [1.54, 1.807) is 0 Å². The van der Waals surface area contributed by atoms with E-state index in [-0.39, 0.29) is 0 Å². The fourth-order valence-corrected chi connectivity index (χ4v) is 2.46. The zero-order valence-electron chi connectivity index (χ0n) is 12.0. The number of aliphatic hydroxyl groups is 8. The molecule has 0 aliphatic carbocycles. The lowest BCUT2D eigenvalue weighted by atomic mass is 9.98. The Morgan fingerprint density at radius 2 is 1.22 bits per heavy atom. The molecular formula is C12H22O11. The van der Waals surface area contributed by atoms with Crippen LogP contribution in [0.25, 0.3) is 0 Å². The van der Waals surface area contributed by atoms with Gasteiger partial charge in [0.25, 0.3) is 0 Å². The summed E-state index contributed by atoms with van der Waals surface area (Å²) in [6, 6.07) is 0. The van der Waals surface area contributed by atoms with E-state index >= 15 is 0 Å². The molecule has 23 heavy (non-hydrogen) atoms. The van der Waals surface area contributed by atoms with Gasteiger partial charge in [0.2, 0.25) is 0 Å². The van der Waals surface area contributed by atoms with Gasteiger partial charge in [0, 0.05) is 0 Å². The molecule has 10 atom stereocenters. The molecule has 0 radical (unpaired) electrons. The molecule has 2 rings (SSSR count). The third-order valence-corrected chi connectivity index (χ3v) is 3.96. The monoisotopic (exact) mass is 342 g/mol. The zero-order valence-corrected chi connectivity index (χ0v) is 12.0. The van der Waals surface area contributed by atoms with Crippen LogP contribution in [-0.2, 0) is 14.2 Å². The van der Waals surface area contributed by atoms with Crippen molar-refractivity contribution in [3.05, 3.63) is 0 Å². The molecule has 11 heteroatoms. The Balaban J connectivity index is 1.94. The summed E-state index contributed by atoms with van der Waals surface area (Å²) in [5.41, 5.74) is 0. The molecule has 2 aliphatic heterocycles. The van der Waals surface area contributed by atoms with Gasteiger partial charge in [-0.25, -0.2) is 0 Å². The first-order valence-electron chi connectivity index (χ1n) is 7.07. The molecule has 136 valence electrons. The van der Waals surface area contributed by atoms with Crippen molar-refractivity contribution >= 4 is 0 Å². The number of hydrogen-bond acceptors (Lipinski definition) is 11. The van der Waals surface area contributed by atoms with E-state index in [1.165, 1.54) is 0 Å². The summed E-state index contributed by atoms with van der Waals surface area (Å²) in [5, 5.41) is 76.1. The number of hydrogen-bond donors (Lipinski definition) is 8. The van der Waals surface area contributed by atoms with E-state index in [9.17, 15) is 35.7 Å². The summed E-state index contributed by atoms with van der Waals surface area (Å²) in [6.45, 7) is -1.10. The van der Waals surface area contributed by atoms with Crippen LogP contribution in [0.2, 0.25) is 0 Å². The second-order valence-corrected chi connectivity index (χ2v) is 5.57. The smallest absolute Gasteiger partial charge is 0.186 e. The molecule has 0 aromatic rings. The summed E-state index contributed by atoms with van der Waals surface area (Å²) >= 11 is 0. The first-order chi connectivity index (χ1) is 10.8. The third kappa shape index (κ3) is 3.81. The summed E-state index contributed by atoms with van der Waals surface area (Å²) in [5.74, 6) is 0. The van der Waals surface area contributed by atoms with Gasteiger partial charge in [0.15, 0.2) is 12.6 Å². The molecule has 0 saturated carbocycles.